The molecular weight excluding hydrogens is 174 g/mol. The molecular formula is C11H19N3. The first kappa shape index (κ1) is 11.1. The van der Waals surface area contributed by atoms with Crippen LogP contribution in [-0.2, 0) is 6.42 Å². The average molecular weight is 193 g/mol. The molecule has 0 bridgehead atoms. The van der Waals surface area contributed by atoms with Crippen molar-refractivity contribution < 1.29 is 0 Å². The van der Waals surface area contributed by atoms with Crippen molar-refractivity contribution in [2.24, 2.45) is 0 Å². The molecule has 0 aromatic carbocycles. The van der Waals surface area contributed by atoms with Gasteiger partial charge in [0.25, 0.3) is 0 Å². The van der Waals surface area contributed by atoms with Crippen LogP contribution in [0.4, 0.5) is 0 Å². The summed E-state index contributed by atoms with van der Waals surface area (Å²) < 4.78 is 0. The zero-order valence-corrected chi connectivity index (χ0v) is 9.52. The van der Waals surface area contributed by atoms with E-state index < -0.39 is 0 Å². The highest BCUT2D eigenvalue weighted by Crippen LogP contribution is 2.08. The Balaban J connectivity index is 2.69. The van der Waals surface area contributed by atoms with E-state index in [9.17, 15) is 0 Å². The largest absolute Gasteiger partial charge is 0.320 e. The Morgan fingerprint density at radius 1 is 1.07 bits per heavy atom. The first-order valence-corrected chi connectivity index (χ1v) is 5.10. The second-order valence-corrected chi connectivity index (χ2v) is 3.64. The van der Waals surface area contributed by atoms with E-state index in [-0.39, 0.29) is 0 Å². The fourth-order valence-electron chi connectivity index (χ4n) is 1.38. The minimum atomic E-state index is 0.961. The van der Waals surface area contributed by atoms with Gasteiger partial charge in [0.1, 0.15) is 5.82 Å². The number of nitrogens with one attached hydrogen (secondary N) is 1. The summed E-state index contributed by atoms with van der Waals surface area (Å²) in [6.07, 6.45) is 2.06. The predicted octanol–water partition coefficient (Wildman–Crippen LogP) is 1.55. The van der Waals surface area contributed by atoms with Gasteiger partial charge in [-0.05, 0) is 46.3 Å². The van der Waals surface area contributed by atoms with Crippen molar-refractivity contribution in [3.05, 3.63) is 22.8 Å². The minimum Gasteiger partial charge on any atom is -0.320 e. The lowest BCUT2D eigenvalue weighted by atomic mass is 10.2. The highest BCUT2D eigenvalue weighted by Gasteiger charge is 2.03. The SMILES string of the molecule is CNCCCc1nc(C)c(C)c(C)n1. The Labute approximate surface area is 86.0 Å². The van der Waals surface area contributed by atoms with Crippen molar-refractivity contribution in [2.45, 2.75) is 33.6 Å². The van der Waals surface area contributed by atoms with Gasteiger partial charge in [-0.3, -0.25) is 0 Å². The van der Waals surface area contributed by atoms with Crippen LogP contribution in [0.15, 0.2) is 0 Å². The first-order valence-electron chi connectivity index (χ1n) is 5.10. The molecule has 78 valence electrons. The fraction of sp³-hybridized carbons (Fsp3) is 0.636. The van der Waals surface area contributed by atoms with Crippen molar-refractivity contribution in [3.8, 4) is 0 Å². The summed E-state index contributed by atoms with van der Waals surface area (Å²) in [6, 6.07) is 0. The Kier molecular flexibility index (Phi) is 4.01. The van der Waals surface area contributed by atoms with Gasteiger partial charge in [0, 0.05) is 17.8 Å². The van der Waals surface area contributed by atoms with Crippen LogP contribution in [0.25, 0.3) is 0 Å². The van der Waals surface area contributed by atoms with Crippen molar-refractivity contribution in [2.75, 3.05) is 13.6 Å². The summed E-state index contributed by atoms with van der Waals surface area (Å²) in [4.78, 5) is 8.93. The van der Waals surface area contributed by atoms with Crippen LogP contribution in [0.2, 0.25) is 0 Å². The molecule has 1 rings (SSSR count). The van der Waals surface area contributed by atoms with Crippen LogP contribution in [0, 0.1) is 20.8 Å². The maximum absolute atomic E-state index is 4.47. The molecule has 0 amide bonds. The lowest BCUT2D eigenvalue weighted by Gasteiger charge is -2.06. The van der Waals surface area contributed by atoms with Crippen molar-refractivity contribution in [3.63, 3.8) is 0 Å². The van der Waals surface area contributed by atoms with Gasteiger partial charge in [0.15, 0.2) is 0 Å². The molecule has 1 N–H and O–H groups in total. The molecule has 0 unspecified atom stereocenters. The van der Waals surface area contributed by atoms with E-state index in [1.165, 1.54) is 5.56 Å². The van der Waals surface area contributed by atoms with E-state index in [0.717, 1.165) is 36.6 Å². The van der Waals surface area contributed by atoms with Gasteiger partial charge >= 0.3 is 0 Å². The van der Waals surface area contributed by atoms with Gasteiger partial charge in [-0.15, -0.1) is 0 Å². The standard InChI is InChI=1S/C11H19N3/c1-8-9(2)13-11(14-10(8)3)6-5-7-12-4/h12H,5-7H2,1-4H3. The van der Waals surface area contributed by atoms with Gasteiger partial charge < -0.3 is 5.32 Å². The van der Waals surface area contributed by atoms with Gasteiger partial charge in [-0.25, -0.2) is 9.97 Å². The maximum atomic E-state index is 4.47. The molecule has 0 aliphatic rings. The Hall–Kier alpha value is -0.960. The summed E-state index contributed by atoms with van der Waals surface area (Å²) in [7, 11) is 1.96. The molecule has 1 heterocycles. The van der Waals surface area contributed by atoms with E-state index in [4.69, 9.17) is 0 Å². The Morgan fingerprint density at radius 2 is 1.64 bits per heavy atom. The molecule has 1 aromatic rings. The third kappa shape index (κ3) is 2.77. The lowest BCUT2D eigenvalue weighted by molar-refractivity contribution is 0.696. The molecule has 0 saturated carbocycles. The Bertz CT molecular complexity index is 284. The van der Waals surface area contributed by atoms with E-state index >= 15 is 0 Å². The molecule has 0 saturated heterocycles. The second kappa shape index (κ2) is 5.05. The van der Waals surface area contributed by atoms with Crippen LogP contribution in [0.5, 0.6) is 0 Å². The number of aryl methyl sites for hydroxylation is 3. The summed E-state index contributed by atoms with van der Waals surface area (Å²) in [5.41, 5.74) is 3.43. The smallest absolute Gasteiger partial charge is 0.128 e. The van der Waals surface area contributed by atoms with Crippen LogP contribution in [0.3, 0.4) is 0 Å². The molecule has 0 spiro atoms. The van der Waals surface area contributed by atoms with E-state index in [0.29, 0.717) is 0 Å². The fourth-order valence-corrected chi connectivity index (χ4v) is 1.38. The van der Waals surface area contributed by atoms with Gasteiger partial charge in [0.2, 0.25) is 0 Å². The molecule has 3 heteroatoms. The summed E-state index contributed by atoms with van der Waals surface area (Å²) >= 11 is 0. The van der Waals surface area contributed by atoms with Crippen LogP contribution < -0.4 is 5.32 Å². The number of hydrogen-bond acceptors (Lipinski definition) is 3. The summed E-state index contributed by atoms with van der Waals surface area (Å²) in [5.74, 6) is 0.973. The number of hydrogen-bond donors (Lipinski definition) is 1. The van der Waals surface area contributed by atoms with Crippen molar-refractivity contribution >= 4 is 0 Å². The third-order valence-electron chi connectivity index (χ3n) is 2.51. The van der Waals surface area contributed by atoms with Gasteiger partial charge in [-0.2, -0.15) is 0 Å². The normalized spacial score (nSPS) is 10.6. The quantitative estimate of drug-likeness (QED) is 0.737. The molecule has 0 aliphatic carbocycles. The predicted molar refractivity (Wildman–Crippen MR) is 58.5 cm³/mol. The molecule has 0 radical (unpaired) electrons. The van der Waals surface area contributed by atoms with Gasteiger partial charge in [0.05, 0.1) is 0 Å². The first-order chi connectivity index (χ1) is 6.65. The Morgan fingerprint density at radius 3 is 2.14 bits per heavy atom. The number of nitrogens with zero attached hydrogens (tertiary/aromatic N) is 2. The molecule has 3 nitrogen and oxygen atoms in total. The van der Waals surface area contributed by atoms with Crippen LogP contribution in [-0.4, -0.2) is 23.6 Å². The van der Waals surface area contributed by atoms with Crippen LogP contribution in [0.1, 0.15) is 29.2 Å². The number of aromatic nitrogens is 2. The lowest BCUT2D eigenvalue weighted by Crippen LogP contribution is -2.10. The highest BCUT2D eigenvalue weighted by molar-refractivity contribution is 5.22. The monoisotopic (exact) mass is 193 g/mol. The average Bonchev–Trinajstić information content (AvgIpc) is 2.14. The summed E-state index contributed by atoms with van der Waals surface area (Å²) in [5, 5.41) is 3.12. The maximum Gasteiger partial charge on any atom is 0.128 e. The molecule has 0 atom stereocenters. The molecule has 1 aromatic heterocycles. The summed E-state index contributed by atoms with van der Waals surface area (Å²) in [6.45, 7) is 7.19. The molecule has 0 fully saturated rings. The van der Waals surface area contributed by atoms with Crippen molar-refractivity contribution in [1.29, 1.82) is 0 Å². The van der Waals surface area contributed by atoms with E-state index in [1.54, 1.807) is 0 Å². The second-order valence-electron chi connectivity index (χ2n) is 3.64. The topological polar surface area (TPSA) is 37.8 Å². The highest BCUT2D eigenvalue weighted by atomic mass is 14.9. The minimum absolute atomic E-state index is 0.961. The van der Waals surface area contributed by atoms with Gasteiger partial charge in [-0.1, -0.05) is 0 Å². The van der Waals surface area contributed by atoms with Crippen molar-refractivity contribution in [1.82, 2.24) is 15.3 Å². The third-order valence-corrected chi connectivity index (χ3v) is 2.51. The zero-order chi connectivity index (χ0) is 10.6. The molecule has 14 heavy (non-hydrogen) atoms. The van der Waals surface area contributed by atoms with E-state index in [2.05, 4.69) is 22.2 Å². The number of rotatable bonds is 4. The van der Waals surface area contributed by atoms with Crippen LogP contribution >= 0.6 is 0 Å². The van der Waals surface area contributed by atoms with E-state index in [1.807, 2.05) is 20.9 Å². The zero-order valence-electron chi connectivity index (χ0n) is 9.52. The molecule has 0 aliphatic heterocycles.